The maximum atomic E-state index is 13.6. The Morgan fingerprint density at radius 2 is 2.28 bits per heavy atom. The number of hydrogen-bond acceptors (Lipinski definition) is 3. The SMILES string of the molecule is CSC1CCCC1NC(=O)c1cc(S)ccc1F. The lowest BCUT2D eigenvalue weighted by Gasteiger charge is -2.19. The molecule has 18 heavy (non-hydrogen) atoms. The van der Waals surface area contributed by atoms with Gasteiger partial charge < -0.3 is 5.32 Å². The van der Waals surface area contributed by atoms with Gasteiger partial charge in [0.1, 0.15) is 5.82 Å². The fraction of sp³-hybridized carbons (Fsp3) is 0.462. The number of hydrogen-bond donors (Lipinski definition) is 2. The van der Waals surface area contributed by atoms with Crippen LogP contribution < -0.4 is 5.32 Å². The number of carbonyl (C=O) groups is 1. The molecule has 1 amide bonds. The highest BCUT2D eigenvalue weighted by Gasteiger charge is 2.28. The average molecular weight is 285 g/mol. The van der Waals surface area contributed by atoms with Crippen molar-refractivity contribution in [3.63, 3.8) is 0 Å². The van der Waals surface area contributed by atoms with Gasteiger partial charge in [-0.3, -0.25) is 4.79 Å². The van der Waals surface area contributed by atoms with Crippen molar-refractivity contribution in [3.8, 4) is 0 Å². The van der Waals surface area contributed by atoms with E-state index >= 15 is 0 Å². The van der Waals surface area contributed by atoms with Crippen LogP contribution >= 0.6 is 24.4 Å². The molecule has 0 heterocycles. The molecule has 2 rings (SSSR count). The summed E-state index contributed by atoms with van der Waals surface area (Å²) in [5.41, 5.74) is 0.0780. The monoisotopic (exact) mass is 285 g/mol. The first-order valence-corrected chi connectivity index (χ1v) is 7.67. The third-order valence-electron chi connectivity index (χ3n) is 3.27. The van der Waals surface area contributed by atoms with Crippen molar-refractivity contribution in [1.29, 1.82) is 0 Å². The fourth-order valence-electron chi connectivity index (χ4n) is 2.31. The van der Waals surface area contributed by atoms with Crippen LogP contribution in [0.4, 0.5) is 4.39 Å². The van der Waals surface area contributed by atoms with E-state index in [1.54, 1.807) is 11.8 Å². The number of thiol groups is 1. The first-order valence-electron chi connectivity index (χ1n) is 5.94. The number of rotatable bonds is 3. The lowest BCUT2D eigenvalue weighted by atomic mass is 10.1. The molecule has 1 aliphatic carbocycles. The molecule has 1 aromatic rings. The Hall–Kier alpha value is -0.680. The molecular weight excluding hydrogens is 269 g/mol. The highest BCUT2D eigenvalue weighted by molar-refractivity contribution is 7.99. The molecule has 0 bridgehead atoms. The van der Waals surface area contributed by atoms with Gasteiger partial charge in [-0.25, -0.2) is 4.39 Å². The van der Waals surface area contributed by atoms with Gasteiger partial charge in [-0.2, -0.15) is 11.8 Å². The second-order valence-corrected chi connectivity index (χ2v) is 6.04. The average Bonchev–Trinajstić information content (AvgIpc) is 2.79. The van der Waals surface area contributed by atoms with Crippen molar-refractivity contribution in [2.45, 2.75) is 35.4 Å². The number of carbonyl (C=O) groups excluding carboxylic acids is 1. The van der Waals surface area contributed by atoms with E-state index in [1.807, 2.05) is 6.26 Å². The summed E-state index contributed by atoms with van der Waals surface area (Å²) in [6.45, 7) is 0. The fourth-order valence-corrected chi connectivity index (χ4v) is 3.45. The molecule has 1 saturated carbocycles. The summed E-state index contributed by atoms with van der Waals surface area (Å²) in [7, 11) is 0. The number of halogens is 1. The van der Waals surface area contributed by atoms with Crippen LogP contribution in [0.3, 0.4) is 0 Å². The number of benzene rings is 1. The first-order chi connectivity index (χ1) is 8.61. The zero-order chi connectivity index (χ0) is 13.1. The van der Waals surface area contributed by atoms with Crippen LogP contribution in [-0.4, -0.2) is 23.5 Å². The van der Waals surface area contributed by atoms with Gasteiger partial charge in [-0.05, 0) is 37.3 Å². The molecule has 0 saturated heterocycles. The van der Waals surface area contributed by atoms with Crippen LogP contribution in [0.15, 0.2) is 23.1 Å². The summed E-state index contributed by atoms with van der Waals surface area (Å²) in [5.74, 6) is -0.835. The maximum absolute atomic E-state index is 13.6. The lowest BCUT2D eigenvalue weighted by Crippen LogP contribution is -2.39. The Morgan fingerprint density at radius 3 is 3.00 bits per heavy atom. The van der Waals surface area contributed by atoms with Crippen LogP contribution in [0.2, 0.25) is 0 Å². The standard InChI is InChI=1S/C13H16FNOS2/c1-18-12-4-2-3-11(12)15-13(16)9-7-8(17)5-6-10(9)14/h5-7,11-12,17H,2-4H2,1H3,(H,15,16). The molecule has 0 spiro atoms. The second kappa shape index (κ2) is 5.97. The van der Waals surface area contributed by atoms with E-state index in [0.29, 0.717) is 10.1 Å². The van der Waals surface area contributed by atoms with Crippen molar-refractivity contribution in [2.24, 2.45) is 0 Å². The van der Waals surface area contributed by atoms with Crippen molar-refractivity contribution in [2.75, 3.05) is 6.26 Å². The molecule has 2 nitrogen and oxygen atoms in total. The second-order valence-electron chi connectivity index (χ2n) is 4.45. The third kappa shape index (κ3) is 3.01. The van der Waals surface area contributed by atoms with Crippen molar-refractivity contribution < 1.29 is 9.18 Å². The molecular formula is C13H16FNOS2. The van der Waals surface area contributed by atoms with Gasteiger partial charge in [0.05, 0.1) is 5.56 Å². The summed E-state index contributed by atoms with van der Waals surface area (Å²) in [6.07, 6.45) is 5.25. The molecule has 1 N–H and O–H groups in total. The van der Waals surface area contributed by atoms with E-state index in [9.17, 15) is 9.18 Å². The van der Waals surface area contributed by atoms with Gasteiger partial charge in [-0.1, -0.05) is 6.42 Å². The number of thioether (sulfide) groups is 1. The van der Waals surface area contributed by atoms with Crippen LogP contribution in [0.25, 0.3) is 0 Å². The molecule has 2 unspecified atom stereocenters. The van der Waals surface area contributed by atoms with E-state index in [1.165, 1.54) is 18.2 Å². The Morgan fingerprint density at radius 1 is 1.50 bits per heavy atom. The van der Waals surface area contributed by atoms with Crippen molar-refractivity contribution in [1.82, 2.24) is 5.32 Å². The highest BCUT2D eigenvalue weighted by Crippen LogP contribution is 2.28. The van der Waals surface area contributed by atoms with Gasteiger partial charge in [0, 0.05) is 16.2 Å². The summed E-state index contributed by atoms with van der Waals surface area (Å²) in [6, 6.07) is 4.43. The van der Waals surface area contributed by atoms with Crippen LogP contribution in [0, 0.1) is 5.82 Å². The zero-order valence-corrected chi connectivity index (χ0v) is 11.9. The topological polar surface area (TPSA) is 29.1 Å². The summed E-state index contributed by atoms with van der Waals surface area (Å²) in [5, 5.41) is 3.37. The lowest BCUT2D eigenvalue weighted by molar-refractivity contribution is 0.0934. The molecule has 98 valence electrons. The Bertz CT molecular complexity index is 453. The Kier molecular flexibility index (Phi) is 4.56. The van der Waals surface area contributed by atoms with Crippen molar-refractivity contribution >= 4 is 30.3 Å². The Labute approximate surface area is 116 Å². The molecule has 0 aliphatic heterocycles. The van der Waals surface area contributed by atoms with Crippen LogP contribution in [0.5, 0.6) is 0 Å². The Balaban J connectivity index is 2.09. The minimum atomic E-state index is -0.496. The van der Waals surface area contributed by atoms with E-state index in [2.05, 4.69) is 17.9 Å². The third-order valence-corrected chi connectivity index (χ3v) is 4.71. The molecule has 0 radical (unpaired) electrons. The minimum Gasteiger partial charge on any atom is -0.348 e. The smallest absolute Gasteiger partial charge is 0.254 e. The zero-order valence-electron chi connectivity index (χ0n) is 10.1. The quantitative estimate of drug-likeness (QED) is 0.836. The molecule has 1 aliphatic rings. The van der Waals surface area contributed by atoms with E-state index in [0.717, 1.165) is 19.3 Å². The van der Waals surface area contributed by atoms with E-state index in [-0.39, 0.29) is 17.5 Å². The number of amides is 1. The number of nitrogens with one attached hydrogen (secondary N) is 1. The van der Waals surface area contributed by atoms with Gasteiger partial charge in [0.2, 0.25) is 0 Å². The van der Waals surface area contributed by atoms with Crippen LogP contribution in [-0.2, 0) is 0 Å². The summed E-state index contributed by atoms with van der Waals surface area (Å²) < 4.78 is 13.6. The van der Waals surface area contributed by atoms with Gasteiger partial charge in [-0.15, -0.1) is 12.6 Å². The first kappa shape index (κ1) is 13.7. The van der Waals surface area contributed by atoms with Gasteiger partial charge in [0.15, 0.2) is 0 Å². The molecule has 2 atom stereocenters. The largest absolute Gasteiger partial charge is 0.348 e. The van der Waals surface area contributed by atoms with Crippen LogP contribution in [0.1, 0.15) is 29.6 Å². The normalized spacial score (nSPS) is 23.1. The van der Waals surface area contributed by atoms with E-state index < -0.39 is 5.82 Å². The van der Waals surface area contributed by atoms with Gasteiger partial charge in [0.25, 0.3) is 5.91 Å². The molecule has 0 aromatic heterocycles. The van der Waals surface area contributed by atoms with Crippen molar-refractivity contribution in [3.05, 3.63) is 29.6 Å². The summed E-state index contributed by atoms with van der Waals surface area (Å²) in [4.78, 5) is 12.6. The maximum Gasteiger partial charge on any atom is 0.254 e. The molecule has 1 fully saturated rings. The molecule has 5 heteroatoms. The predicted octanol–water partition coefficient (Wildman–Crippen LogP) is 3.13. The molecule has 1 aromatic carbocycles. The minimum absolute atomic E-state index is 0.0780. The van der Waals surface area contributed by atoms with Gasteiger partial charge >= 0.3 is 0 Å². The summed E-state index contributed by atoms with van der Waals surface area (Å²) >= 11 is 5.89. The van der Waals surface area contributed by atoms with E-state index in [4.69, 9.17) is 0 Å². The predicted molar refractivity (Wildman–Crippen MR) is 76.1 cm³/mol. The highest BCUT2D eigenvalue weighted by atomic mass is 32.2.